The molecule has 29 heavy (non-hydrogen) atoms. The molecular formula is C27H35FO. The van der Waals surface area contributed by atoms with E-state index in [0.29, 0.717) is 11.7 Å². The first-order valence-corrected chi connectivity index (χ1v) is 11.6. The molecule has 0 heterocycles. The lowest BCUT2D eigenvalue weighted by molar-refractivity contribution is 0.113. The number of hydrogen-bond donors (Lipinski definition) is 0. The van der Waals surface area contributed by atoms with Gasteiger partial charge >= 0.3 is 0 Å². The number of benzene rings is 2. The predicted octanol–water partition coefficient (Wildman–Crippen LogP) is 7.99. The lowest BCUT2D eigenvalue weighted by Crippen LogP contribution is -2.30. The molecule has 1 nitrogen and oxygen atoms in total. The number of fused-ring (bicyclic) bond motifs is 1. The Morgan fingerprint density at radius 3 is 2.34 bits per heavy atom. The first-order chi connectivity index (χ1) is 14.2. The average Bonchev–Trinajstić information content (AvgIpc) is 2.77. The molecule has 4 atom stereocenters. The topological polar surface area (TPSA) is 9.23 Å². The monoisotopic (exact) mass is 394 g/mol. The van der Waals surface area contributed by atoms with E-state index in [4.69, 9.17) is 4.74 Å². The second-order valence-corrected chi connectivity index (χ2v) is 9.32. The highest BCUT2D eigenvalue weighted by molar-refractivity contribution is 5.64. The van der Waals surface area contributed by atoms with E-state index in [1.807, 2.05) is 6.07 Å². The summed E-state index contributed by atoms with van der Waals surface area (Å²) in [5, 5.41) is 0. The molecule has 0 amide bonds. The van der Waals surface area contributed by atoms with Gasteiger partial charge in [0.05, 0.1) is 7.11 Å². The van der Waals surface area contributed by atoms with Gasteiger partial charge in [0.2, 0.25) is 0 Å². The van der Waals surface area contributed by atoms with Crippen LogP contribution >= 0.6 is 0 Å². The van der Waals surface area contributed by atoms with E-state index in [2.05, 4.69) is 31.2 Å². The Morgan fingerprint density at radius 2 is 1.62 bits per heavy atom. The number of ether oxygens (including phenoxy) is 1. The highest BCUT2D eigenvalue weighted by Crippen LogP contribution is 2.48. The maximum atomic E-state index is 14.0. The van der Waals surface area contributed by atoms with Gasteiger partial charge in [-0.25, -0.2) is 4.39 Å². The van der Waals surface area contributed by atoms with Crippen molar-refractivity contribution in [3.8, 4) is 16.9 Å². The minimum absolute atomic E-state index is 0.298. The van der Waals surface area contributed by atoms with Crippen LogP contribution < -0.4 is 4.74 Å². The van der Waals surface area contributed by atoms with E-state index in [9.17, 15) is 4.39 Å². The van der Waals surface area contributed by atoms with Crippen molar-refractivity contribution in [3.63, 3.8) is 0 Å². The summed E-state index contributed by atoms with van der Waals surface area (Å²) in [4.78, 5) is 0. The van der Waals surface area contributed by atoms with Crippen molar-refractivity contribution in [2.75, 3.05) is 7.11 Å². The Balaban J connectivity index is 1.39. The van der Waals surface area contributed by atoms with Crippen LogP contribution in [0.3, 0.4) is 0 Å². The van der Waals surface area contributed by atoms with Gasteiger partial charge in [0, 0.05) is 0 Å². The van der Waals surface area contributed by atoms with Crippen molar-refractivity contribution in [2.45, 2.75) is 70.6 Å². The molecule has 0 N–H and O–H groups in total. The quantitative estimate of drug-likeness (QED) is 0.482. The van der Waals surface area contributed by atoms with Gasteiger partial charge in [-0.05, 0) is 84.6 Å². The second-order valence-electron chi connectivity index (χ2n) is 9.32. The first-order valence-electron chi connectivity index (χ1n) is 11.6. The Kier molecular flexibility index (Phi) is 6.57. The van der Waals surface area contributed by atoms with Gasteiger partial charge in [0.1, 0.15) is 0 Å². The normalized spacial score (nSPS) is 26.7. The molecule has 0 aromatic heterocycles. The van der Waals surface area contributed by atoms with Crippen molar-refractivity contribution in [2.24, 2.45) is 17.8 Å². The number of rotatable bonds is 6. The summed E-state index contributed by atoms with van der Waals surface area (Å²) in [7, 11) is 1.50. The second kappa shape index (κ2) is 9.32. The van der Waals surface area contributed by atoms with E-state index in [1.54, 1.807) is 12.1 Å². The van der Waals surface area contributed by atoms with Crippen molar-refractivity contribution in [3.05, 3.63) is 53.8 Å². The smallest absolute Gasteiger partial charge is 0.165 e. The summed E-state index contributed by atoms with van der Waals surface area (Å²) in [5.41, 5.74) is 3.44. The van der Waals surface area contributed by atoms with E-state index in [1.165, 1.54) is 70.5 Å². The third kappa shape index (κ3) is 4.68. The lowest BCUT2D eigenvalue weighted by Gasteiger charge is -2.42. The highest BCUT2D eigenvalue weighted by Gasteiger charge is 2.35. The zero-order chi connectivity index (χ0) is 20.2. The summed E-state index contributed by atoms with van der Waals surface area (Å²) in [5.74, 6) is 3.60. The Bertz CT molecular complexity index is 797. The van der Waals surface area contributed by atoms with Gasteiger partial charge in [0.25, 0.3) is 0 Å². The molecule has 0 spiro atoms. The molecule has 2 aliphatic rings. The zero-order valence-corrected chi connectivity index (χ0v) is 18.0. The van der Waals surface area contributed by atoms with Crippen molar-refractivity contribution in [1.29, 1.82) is 0 Å². The molecule has 2 heteroatoms. The van der Waals surface area contributed by atoms with Crippen molar-refractivity contribution >= 4 is 0 Å². The Labute approximate surface area is 175 Å². The predicted molar refractivity (Wildman–Crippen MR) is 119 cm³/mol. The Hall–Kier alpha value is -1.83. The number of unbranched alkanes of at least 4 members (excludes halogenated alkanes) is 1. The molecule has 0 bridgehead atoms. The lowest BCUT2D eigenvalue weighted by atomic mass is 9.63. The van der Waals surface area contributed by atoms with Crippen LogP contribution in [-0.2, 0) is 0 Å². The minimum atomic E-state index is -0.304. The van der Waals surface area contributed by atoms with Crippen LogP contribution in [0.5, 0.6) is 5.75 Å². The largest absolute Gasteiger partial charge is 0.494 e. The van der Waals surface area contributed by atoms with E-state index in [0.717, 1.165) is 28.9 Å². The third-order valence-corrected chi connectivity index (χ3v) is 7.55. The van der Waals surface area contributed by atoms with E-state index in [-0.39, 0.29) is 5.82 Å². The van der Waals surface area contributed by atoms with Gasteiger partial charge in [-0.15, -0.1) is 0 Å². The number of methoxy groups -OCH3 is 1. The zero-order valence-electron chi connectivity index (χ0n) is 18.0. The van der Waals surface area contributed by atoms with Crippen molar-refractivity contribution < 1.29 is 9.13 Å². The minimum Gasteiger partial charge on any atom is -0.494 e. The average molecular weight is 395 g/mol. The molecule has 0 aliphatic heterocycles. The Morgan fingerprint density at radius 1 is 0.897 bits per heavy atom. The van der Waals surface area contributed by atoms with Crippen LogP contribution in [0, 0.1) is 23.6 Å². The molecule has 0 saturated heterocycles. The molecule has 0 radical (unpaired) electrons. The standard InChI is InChI=1S/C27H35FO/c1-3-4-5-19-6-7-24-17-23(13-12-22(24)16-19)20-8-10-21(11-9-20)25-14-15-27(29-2)26(28)18-25/h8-11,14-15,18-19,22-24H,3-7,12-13,16-17H2,1-2H3. The fourth-order valence-electron chi connectivity index (χ4n) is 5.84. The molecule has 156 valence electrons. The molecule has 2 saturated carbocycles. The number of hydrogen-bond acceptors (Lipinski definition) is 1. The van der Waals surface area contributed by atoms with Crippen LogP contribution in [-0.4, -0.2) is 7.11 Å². The van der Waals surface area contributed by atoms with Gasteiger partial charge in [-0.2, -0.15) is 0 Å². The summed E-state index contributed by atoms with van der Waals surface area (Å²) < 4.78 is 19.1. The van der Waals surface area contributed by atoms with Gasteiger partial charge < -0.3 is 4.74 Å². The van der Waals surface area contributed by atoms with Gasteiger partial charge in [-0.3, -0.25) is 0 Å². The van der Waals surface area contributed by atoms with Crippen LogP contribution in [0.15, 0.2) is 42.5 Å². The highest BCUT2D eigenvalue weighted by atomic mass is 19.1. The van der Waals surface area contributed by atoms with Crippen molar-refractivity contribution in [1.82, 2.24) is 0 Å². The molecule has 2 aromatic carbocycles. The van der Waals surface area contributed by atoms with Gasteiger partial charge in [-0.1, -0.05) is 62.9 Å². The molecule has 4 rings (SSSR count). The molecule has 4 unspecified atom stereocenters. The van der Waals surface area contributed by atoms with E-state index >= 15 is 0 Å². The van der Waals surface area contributed by atoms with E-state index < -0.39 is 0 Å². The summed E-state index contributed by atoms with van der Waals surface area (Å²) in [6.07, 6.45) is 12.7. The summed E-state index contributed by atoms with van der Waals surface area (Å²) in [6, 6.07) is 14.1. The fourth-order valence-corrected chi connectivity index (χ4v) is 5.84. The van der Waals surface area contributed by atoms with Crippen LogP contribution in [0.25, 0.3) is 11.1 Å². The molecule has 2 fully saturated rings. The molecule has 2 aromatic rings. The van der Waals surface area contributed by atoms with Crippen LogP contribution in [0.2, 0.25) is 0 Å². The van der Waals surface area contributed by atoms with Gasteiger partial charge in [0.15, 0.2) is 11.6 Å². The molecule has 2 aliphatic carbocycles. The SMILES string of the molecule is CCCCC1CCC2CC(c3ccc(-c4ccc(OC)c(F)c4)cc3)CCC2C1. The van der Waals surface area contributed by atoms with Crippen LogP contribution in [0.4, 0.5) is 4.39 Å². The maximum absolute atomic E-state index is 14.0. The summed E-state index contributed by atoms with van der Waals surface area (Å²) in [6.45, 7) is 2.31. The maximum Gasteiger partial charge on any atom is 0.165 e. The third-order valence-electron chi connectivity index (χ3n) is 7.55. The summed E-state index contributed by atoms with van der Waals surface area (Å²) >= 11 is 0. The number of halogens is 1. The fraction of sp³-hybridized carbons (Fsp3) is 0.556. The first kappa shape index (κ1) is 20.4. The van der Waals surface area contributed by atoms with Crippen LogP contribution in [0.1, 0.15) is 76.2 Å². The molecular weight excluding hydrogens is 359 g/mol.